The van der Waals surface area contributed by atoms with Gasteiger partial charge >= 0.3 is 0 Å². The second-order valence-electron chi connectivity index (χ2n) is 5.71. The third-order valence-corrected chi connectivity index (χ3v) is 3.86. The van der Waals surface area contributed by atoms with Crippen LogP contribution in [0.1, 0.15) is 31.9 Å². The topological polar surface area (TPSA) is 38.7 Å². The third-order valence-electron chi connectivity index (χ3n) is 3.69. The van der Waals surface area contributed by atoms with E-state index in [1.807, 2.05) is 30.4 Å². The van der Waals surface area contributed by atoms with Gasteiger partial charge < -0.3 is 0 Å². The average Bonchev–Trinajstić information content (AvgIpc) is 2.87. The van der Waals surface area contributed by atoms with Crippen molar-refractivity contribution in [1.82, 2.24) is 15.0 Å². The fourth-order valence-corrected chi connectivity index (χ4v) is 2.52. The van der Waals surface area contributed by atoms with E-state index in [2.05, 4.69) is 53.1 Å². The highest BCUT2D eigenvalue weighted by Crippen LogP contribution is 2.22. The first-order valence-electron chi connectivity index (χ1n) is 7.65. The zero-order valence-corrected chi connectivity index (χ0v) is 14.0. The van der Waals surface area contributed by atoms with Crippen LogP contribution in [0, 0.1) is 5.92 Å². The molecule has 1 aromatic heterocycles. The lowest BCUT2D eigenvalue weighted by Gasteiger charge is -2.05. The highest BCUT2D eigenvalue weighted by atomic mass is 35.5. The van der Waals surface area contributed by atoms with Gasteiger partial charge in [-0.15, -0.1) is 0 Å². The van der Waals surface area contributed by atoms with Gasteiger partial charge in [0.05, 0.1) is 0 Å². The maximum Gasteiger partial charge on any atom is 0.226 e. The molecule has 0 bridgehead atoms. The molecule has 1 atom stereocenters. The molecule has 1 aromatic rings. The van der Waals surface area contributed by atoms with Gasteiger partial charge in [-0.05, 0) is 30.9 Å². The zero-order valence-electron chi connectivity index (χ0n) is 13.2. The molecule has 0 N–H and O–H groups in total. The third kappa shape index (κ3) is 3.93. The van der Waals surface area contributed by atoms with Crippen molar-refractivity contribution in [1.29, 1.82) is 0 Å². The number of allylic oxidation sites excluding steroid dienone is 12. The van der Waals surface area contributed by atoms with Crippen molar-refractivity contribution in [2.24, 2.45) is 5.92 Å². The van der Waals surface area contributed by atoms with Crippen molar-refractivity contribution in [3.63, 3.8) is 0 Å². The molecule has 3 nitrogen and oxygen atoms in total. The van der Waals surface area contributed by atoms with E-state index in [0.29, 0.717) is 17.6 Å². The van der Waals surface area contributed by atoms with Gasteiger partial charge in [0.2, 0.25) is 5.28 Å². The van der Waals surface area contributed by atoms with Crippen LogP contribution in [0.3, 0.4) is 0 Å². The Labute approximate surface area is 141 Å². The molecule has 116 valence electrons. The number of rotatable bonds is 2. The minimum Gasteiger partial charge on any atom is -0.208 e. The lowest BCUT2D eigenvalue weighted by molar-refractivity contribution is 0.942. The summed E-state index contributed by atoms with van der Waals surface area (Å²) in [5.74, 6) is 1.59. The quantitative estimate of drug-likeness (QED) is 0.772. The largest absolute Gasteiger partial charge is 0.226 e. The van der Waals surface area contributed by atoms with Crippen molar-refractivity contribution in [3.05, 3.63) is 77.2 Å². The average molecular weight is 324 g/mol. The van der Waals surface area contributed by atoms with Crippen molar-refractivity contribution in [2.75, 3.05) is 0 Å². The highest BCUT2D eigenvalue weighted by Gasteiger charge is 2.11. The molecule has 1 unspecified atom stereocenters. The Morgan fingerprint density at radius 2 is 1.74 bits per heavy atom. The number of halogens is 1. The van der Waals surface area contributed by atoms with Gasteiger partial charge in [0, 0.05) is 11.1 Å². The molecule has 0 amide bonds. The molecule has 0 spiro atoms. The minimum absolute atomic E-state index is 0.212. The van der Waals surface area contributed by atoms with E-state index in [0.717, 1.165) is 17.6 Å². The van der Waals surface area contributed by atoms with Crippen LogP contribution in [-0.2, 0) is 0 Å². The summed E-state index contributed by atoms with van der Waals surface area (Å²) in [6, 6.07) is 0. The summed E-state index contributed by atoms with van der Waals surface area (Å²) in [5.41, 5.74) is 3.19. The van der Waals surface area contributed by atoms with Crippen LogP contribution in [0.25, 0.3) is 11.1 Å². The number of aromatic nitrogens is 3. The highest BCUT2D eigenvalue weighted by molar-refractivity contribution is 6.28. The maximum absolute atomic E-state index is 6.13. The molecular formula is C19H18ClN3. The number of nitrogens with zero attached hydrogens (tertiary/aromatic N) is 3. The summed E-state index contributed by atoms with van der Waals surface area (Å²) in [6.07, 6.45) is 19.4. The second-order valence-corrected chi connectivity index (χ2v) is 6.05. The van der Waals surface area contributed by atoms with Crippen molar-refractivity contribution < 1.29 is 0 Å². The summed E-state index contributed by atoms with van der Waals surface area (Å²) in [4.78, 5) is 13.2. The minimum atomic E-state index is 0.212. The molecule has 2 aliphatic carbocycles. The summed E-state index contributed by atoms with van der Waals surface area (Å²) in [5, 5.41) is 0.212. The molecule has 0 saturated heterocycles. The summed E-state index contributed by atoms with van der Waals surface area (Å²) >= 11 is 6.13. The van der Waals surface area contributed by atoms with Gasteiger partial charge in [-0.25, -0.2) is 4.98 Å². The van der Waals surface area contributed by atoms with E-state index >= 15 is 0 Å². The Morgan fingerprint density at radius 1 is 0.957 bits per heavy atom. The molecule has 4 heteroatoms. The normalized spacial score (nSPS) is 20.5. The van der Waals surface area contributed by atoms with Crippen molar-refractivity contribution in [3.8, 4) is 0 Å². The Bertz CT molecular complexity index is 795. The van der Waals surface area contributed by atoms with Crippen LogP contribution in [0.4, 0.5) is 0 Å². The summed E-state index contributed by atoms with van der Waals surface area (Å²) in [7, 11) is 0. The fraction of sp³-hybridized carbons (Fsp3) is 0.211. The lowest BCUT2D eigenvalue weighted by Crippen LogP contribution is -2.02. The molecule has 3 rings (SSSR count). The molecule has 1 heterocycles. The number of hydrogen-bond acceptors (Lipinski definition) is 3. The standard InChI is InChI=1S/C19H18ClN3/c1-13-5-3-7-15(11-9-13)17-21-18(23-19(20)22-17)16-8-4-6-14(2)10-12-16/h3-9,11-13H,10H2,1-2H3. The van der Waals surface area contributed by atoms with Crippen LogP contribution in [0.2, 0.25) is 5.28 Å². The maximum atomic E-state index is 6.13. The Kier molecular flexibility index (Phi) is 4.68. The van der Waals surface area contributed by atoms with Crippen LogP contribution >= 0.6 is 11.6 Å². The smallest absolute Gasteiger partial charge is 0.208 e. The van der Waals surface area contributed by atoms with E-state index in [4.69, 9.17) is 11.6 Å². The van der Waals surface area contributed by atoms with Gasteiger partial charge in [0.15, 0.2) is 11.6 Å². The lowest BCUT2D eigenvalue weighted by atomic mass is 10.1. The Hall–Kier alpha value is -2.26. The van der Waals surface area contributed by atoms with Crippen LogP contribution in [-0.4, -0.2) is 15.0 Å². The van der Waals surface area contributed by atoms with E-state index in [1.165, 1.54) is 5.57 Å². The van der Waals surface area contributed by atoms with E-state index in [1.54, 1.807) is 0 Å². The van der Waals surface area contributed by atoms with Crippen LogP contribution in [0.5, 0.6) is 0 Å². The molecule has 0 aromatic carbocycles. The summed E-state index contributed by atoms with van der Waals surface area (Å²) < 4.78 is 0. The Balaban J connectivity index is 1.99. The monoisotopic (exact) mass is 323 g/mol. The van der Waals surface area contributed by atoms with E-state index in [-0.39, 0.29) is 5.28 Å². The first kappa shape index (κ1) is 15.6. The molecular weight excluding hydrogens is 306 g/mol. The van der Waals surface area contributed by atoms with Crippen LogP contribution < -0.4 is 0 Å². The number of hydrogen-bond donors (Lipinski definition) is 0. The Morgan fingerprint density at radius 3 is 2.57 bits per heavy atom. The molecule has 0 fully saturated rings. The summed E-state index contributed by atoms with van der Waals surface area (Å²) in [6.45, 7) is 4.23. The molecule has 0 radical (unpaired) electrons. The van der Waals surface area contributed by atoms with Gasteiger partial charge in [-0.2, -0.15) is 9.97 Å². The zero-order chi connectivity index (χ0) is 16.2. The van der Waals surface area contributed by atoms with Gasteiger partial charge in [0.25, 0.3) is 0 Å². The first-order valence-corrected chi connectivity index (χ1v) is 8.02. The molecule has 2 aliphatic rings. The van der Waals surface area contributed by atoms with Crippen LogP contribution in [0.15, 0.2) is 60.3 Å². The van der Waals surface area contributed by atoms with Gasteiger partial charge in [-0.1, -0.05) is 67.2 Å². The predicted octanol–water partition coefficient (Wildman–Crippen LogP) is 4.96. The van der Waals surface area contributed by atoms with Gasteiger partial charge in [0.1, 0.15) is 0 Å². The van der Waals surface area contributed by atoms with E-state index < -0.39 is 0 Å². The molecule has 23 heavy (non-hydrogen) atoms. The second kappa shape index (κ2) is 6.88. The van der Waals surface area contributed by atoms with Crippen molar-refractivity contribution >= 4 is 22.7 Å². The molecule has 0 saturated carbocycles. The fourth-order valence-electron chi connectivity index (χ4n) is 2.36. The van der Waals surface area contributed by atoms with E-state index in [9.17, 15) is 0 Å². The van der Waals surface area contributed by atoms with Crippen molar-refractivity contribution in [2.45, 2.75) is 20.3 Å². The molecule has 0 aliphatic heterocycles. The first-order chi connectivity index (χ1) is 11.1. The van der Waals surface area contributed by atoms with Gasteiger partial charge in [-0.3, -0.25) is 0 Å². The predicted molar refractivity (Wildman–Crippen MR) is 95.7 cm³/mol. The SMILES string of the molecule is CC1=CC=CC(c2nc(Cl)nc(C3=CC=CC(C)C=C3)n2)=CC1.